The number of esters is 1. The first-order valence-electron chi connectivity index (χ1n) is 10.7. The number of aliphatic hydroxyl groups is 1. The van der Waals surface area contributed by atoms with E-state index >= 15 is 0 Å². The van der Waals surface area contributed by atoms with Gasteiger partial charge in [-0.2, -0.15) is 0 Å². The van der Waals surface area contributed by atoms with Crippen LogP contribution in [0.25, 0.3) is 11.1 Å². The molecule has 0 saturated carbocycles. The molecular formula is C24H26BrNO4. The Morgan fingerprint density at radius 2 is 1.63 bits per heavy atom. The molecule has 1 aliphatic carbocycles. The minimum atomic E-state index is -1.73. The van der Waals surface area contributed by atoms with Crippen LogP contribution in [0, 0.1) is 5.92 Å². The Hall–Kier alpha value is -1.73. The lowest BCUT2D eigenvalue weighted by atomic mass is 9.82. The summed E-state index contributed by atoms with van der Waals surface area (Å²) in [5.41, 5.74) is 1.34. The Morgan fingerprint density at radius 1 is 1.07 bits per heavy atom. The number of hydrogen-bond acceptors (Lipinski definition) is 4. The number of carbonyl (C=O) groups is 1. The molecule has 6 heteroatoms. The molecule has 2 aromatic rings. The van der Waals surface area contributed by atoms with Crippen molar-refractivity contribution in [3.8, 4) is 11.1 Å². The van der Waals surface area contributed by atoms with Crippen molar-refractivity contribution < 1.29 is 40.8 Å². The lowest BCUT2D eigenvalue weighted by Gasteiger charge is -2.52. The van der Waals surface area contributed by atoms with Gasteiger partial charge in [0, 0.05) is 29.9 Å². The molecule has 7 rings (SSSR count). The first-order chi connectivity index (χ1) is 14.1. The summed E-state index contributed by atoms with van der Waals surface area (Å²) in [6, 6.07) is 15.2. The summed E-state index contributed by atoms with van der Waals surface area (Å²) in [6.07, 6.45) is 2.40. The lowest BCUT2D eigenvalue weighted by Crippen LogP contribution is -3.00. The van der Waals surface area contributed by atoms with Gasteiger partial charge in [-0.05, 0) is 11.1 Å². The molecule has 5 aliphatic rings. The summed E-state index contributed by atoms with van der Waals surface area (Å²) < 4.78 is 12.6. The van der Waals surface area contributed by atoms with Crippen LogP contribution in [0.2, 0.25) is 0 Å². The van der Waals surface area contributed by atoms with Crippen molar-refractivity contribution in [2.75, 3.05) is 32.8 Å². The molecule has 158 valence electrons. The summed E-state index contributed by atoms with van der Waals surface area (Å²) >= 11 is 0. The van der Waals surface area contributed by atoms with Crippen molar-refractivity contribution in [3.63, 3.8) is 0 Å². The smallest absolute Gasteiger partial charge is 0.348 e. The molecule has 4 aliphatic heterocycles. The van der Waals surface area contributed by atoms with E-state index < -0.39 is 11.6 Å². The third-order valence-electron chi connectivity index (χ3n) is 7.51. The van der Waals surface area contributed by atoms with Gasteiger partial charge < -0.3 is 36.0 Å². The molecule has 4 saturated heterocycles. The predicted octanol–water partition coefficient (Wildman–Crippen LogP) is -0.542. The van der Waals surface area contributed by atoms with E-state index in [9.17, 15) is 9.90 Å². The minimum Gasteiger partial charge on any atom is -1.00 e. The number of rotatable bonds is 4. The molecule has 5 nitrogen and oxygen atoms in total. The number of nitrogens with zero attached hydrogens (tertiary/aromatic N) is 1. The van der Waals surface area contributed by atoms with Crippen molar-refractivity contribution in [1.29, 1.82) is 0 Å². The van der Waals surface area contributed by atoms with Gasteiger partial charge in [0.2, 0.25) is 5.60 Å². The molecular weight excluding hydrogens is 446 g/mol. The van der Waals surface area contributed by atoms with Gasteiger partial charge in [-0.3, -0.25) is 0 Å². The standard InChI is InChI=1S/C24H26NO4.BrH/c26-23(29-22-14-25(13-17-15-28-17)11-9-16(22)10-12-25)24(27)20-7-3-1-5-18(20)19-6-2-4-8-21(19)24;/h1-8,16-17,22,27H,9-15H2;1H/q+1;/p-1/t16?,17?,22-,25?;/m0./s1. The van der Waals surface area contributed by atoms with Gasteiger partial charge in [0.25, 0.3) is 0 Å². The summed E-state index contributed by atoms with van der Waals surface area (Å²) in [5.74, 6) is -0.135. The summed E-state index contributed by atoms with van der Waals surface area (Å²) in [4.78, 5) is 13.5. The van der Waals surface area contributed by atoms with Gasteiger partial charge in [0.05, 0.1) is 19.7 Å². The molecule has 4 heterocycles. The van der Waals surface area contributed by atoms with Gasteiger partial charge >= 0.3 is 5.97 Å². The normalized spacial score (nSPS) is 32.0. The van der Waals surface area contributed by atoms with Crippen molar-refractivity contribution >= 4 is 5.97 Å². The second-order valence-electron chi connectivity index (χ2n) is 9.19. The number of benzene rings is 2. The summed E-state index contributed by atoms with van der Waals surface area (Å²) in [5, 5.41) is 11.7. The zero-order valence-electron chi connectivity index (χ0n) is 16.8. The van der Waals surface area contributed by atoms with Gasteiger partial charge in [-0.1, -0.05) is 48.5 Å². The molecule has 0 aromatic heterocycles. The fourth-order valence-corrected chi connectivity index (χ4v) is 5.87. The van der Waals surface area contributed by atoms with Gasteiger partial charge in [0.15, 0.2) is 6.10 Å². The maximum atomic E-state index is 13.5. The average Bonchev–Trinajstić information content (AvgIpc) is 3.52. The van der Waals surface area contributed by atoms with E-state index in [-0.39, 0.29) is 23.1 Å². The minimum absolute atomic E-state index is 0. The van der Waals surface area contributed by atoms with Crippen molar-refractivity contribution in [2.24, 2.45) is 5.92 Å². The number of halogens is 1. The summed E-state index contributed by atoms with van der Waals surface area (Å²) in [7, 11) is 0. The van der Waals surface area contributed by atoms with E-state index in [0.717, 1.165) is 61.2 Å². The van der Waals surface area contributed by atoms with Gasteiger partial charge in [0.1, 0.15) is 19.2 Å². The summed E-state index contributed by atoms with van der Waals surface area (Å²) in [6.45, 7) is 5.02. The van der Waals surface area contributed by atoms with E-state index in [1.165, 1.54) is 0 Å². The third kappa shape index (κ3) is 2.96. The van der Waals surface area contributed by atoms with Crippen LogP contribution >= 0.6 is 0 Å². The van der Waals surface area contributed by atoms with Gasteiger partial charge in [-0.25, -0.2) is 4.79 Å². The molecule has 1 N–H and O–H groups in total. The van der Waals surface area contributed by atoms with Crippen LogP contribution in [-0.4, -0.2) is 60.6 Å². The van der Waals surface area contributed by atoms with E-state index in [0.29, 0.717) is 23.1 Å². The largest absolute Gasteiger partial charge is 1.00 e. The number of piperidine rings is 3. The number of epoxide rings is 1. The highest BCUT2D eigenvalue weighted by atomic mass is 79.9. The third-order valence-corrected chi connectivity index (χ3v) is 7.51. The predicted molar refractivity (Wildman–Crippen MR) is 107 cm³/mol. The lowest BCUT2D eigenvalue weighted by molar-refractivity contribution is -0.946. The maximum absolute atomic E-state index is 13.5. The monoisotopic (exact) mass is 471 g/mol. The first kappa shape index (κ1) is 20.2. The van der Waals surface area contributed by atoms with E-state index in [4.69, 9.17) is 9.47 Å². The SMILES string of the molecule is O=C(O[C@H]1C[N+]2(CC3CO3)CCC1CC2)C1(O)c2ccccc2-c2ccccc21.[Br-]. The van der Waals surface area contributed by atoms with Crippen LogP contribution in [0.4, 0.5) is 0 Å². The highest BCUT2D eigenvalue weighted by molar-refractivity contribution is 5.96. The van der Waals surface area contributed by atoms with E-state index in [1.54, 1.807) is 0 Å². The van der Waals surface area contributed by atoms with Crippen LogP contribution < -0.4 is 17.0 Å². The number of fused-ring (bicyclic) bond motifs is 6. The van der Waals surface area contributed by atoms with Crippen molar-refractivity contribution in [3.05, 3.63) is 59.7 Å². The van der Waals surface area contributed by atoms with Crippen LogP contribution in [0.3, 0.4) is 0 Å². The topological polar surface area (TPSA) is 59.1 Å². The Labute approximate surface area is 187 Å². The average molecular weight is 472 g/mol. The molecule has 2 atom stereocenters. The first-order valence-corrected chi connectivity index (χ1v) is 10.7. The Balaban J connectivity index is 0.00000193. The quantitative estimate of drug-likeness (QED) is 0.369. The van der Waals surface area contributed by atoms with E-state index in [2.05, 4.69) is 0 Å². The zero-order chi connectivity index (χ0) is 19.6. The van der Waals surface area contributed by atoms with Crippen LogP contribution in [0.5, 0.6) is 0 Å². The maximum Gasteiger partial charge on any atom is 0.348 e. The molecule has 0 spiro atoms. The number of hydrogen-bond donors (Lipinski definition) is 1. The molecule has 0 amide bonds. The van der Waals surface area contributed by atoms with E-state index in [1.807, 2.05) is 48.5 Å². The molecule has 2 aromatic carbocycles. The highest BCUT2D eigenvalue weighted by Crippen LogP contribution is 2.48. The fraction of sp³-hybridized carbons (Fsp3) is 0.458. The van der Waals surface area contributed by atoms with Gasteiger partial charge in [-0.15, -0.1) is 0 Å². The molecule has 0 radical (unpaired) electrons. The Morgan fingerprint density at radius 3 is 2.20 bits per heavy atom. The fourth-order valence-electron chi connectivity index (χ4n) is 5.87. The van der Waals surface area contributed by atoms with Crippen molar-refractivity contribution in [1.82, 2.24) is 0 Å². The second-order valence-corrected chi connectivity index (χ2v) is 9.19. The Kier molecular flexibility index (Phi) is 4.82. The van der Waals surface area contributed by atoms with Crippen LogP contribution in [0.15, 0.2) is 48.5 Å². The molecule has 1 unspecified atom stereocenters. The van der Waals surface area contributed by atoms with Crippen LogP contribution in [-0.2, 0) is 19.9 Å². The van der Waals surface area contributed by atoms with Crippen LogP contribution in [0.1, 0.15) is 24.0 Å². The highest BCUT2D eigenvalue weighted by Gasteiger charge is 2.54. The zero-order valence-corrected chi connectivity index (χ0v) is 18.4. The second kappa shape index (κ2) is 7.16. The Bertz CT molecular complexity index is 935. The van der Waals surface area contributed by atoms with Crippen molar-refractivity contribution in [2.45, 2.75) is 30.7 Å². The molecule has 30 heavy (non-hydrogen) atoms. The molecule has 4 fully saturated rings. The number of carbonyl (C=O) groups excluding carboxylic acids is 1. The number of ether oxygens (including phenoxy) is 2. The number of quaternary nitrogens is 1. The molecule has 2 bridgehead atoms.